The number of ketones is 1. The molecule has 1 aromatic heterocycles. The maximum Gasteiger partial charge on any atom is 0.196 e. The molecule has 0 radical (unpaired) electrons. The molecule has 0 amide bonds. The van der Waals surface area contributed by atoms with Crippen LogP contribution in [0.3, 0.4) is 0 Å². The molecular formula is C16H16O3. The van der Waals surface area contributed by atoms with Crippen molar-refractivity contribution < 1.29 is 13.9 Å². The first-order valence-corrected chi connectivity index (χ1v) is 6.34. The molecule has 1 aliphatic heterocycles. The molecule has 1 aliphatic rings. The Kier molecular flexibility index (Phi) is 2.52. The summed E-state index contributed by atoms with van der Waals surface area (Å²) in [6.07, 6.45) is 1.51. The van der Waals surface area contributed by atoms with Gasteiger partial charge in [-0.25, -0.2) is 0 Å². The van der Waals surface area contributed by atoms with E-state index in [0.29, 0.717) is 17.7 Å². The van der Waals surface area contributed by atoms with Gasteiger partial charge in [0.1, 0.15) is 17.8 Å². The number of hydrogen-bond acceptors (Lipinski definition) is 3. The molecule has 2 heterocycles. The molecular weight excluding hydrogens is 240 g/mol. The van der Waals surface area contributed by atoms with E-state index in [9.17, 15) is 4.79 Å². The smallest absolute Gasteiger partial charge is 0.196 e. The first kappa shape index (κ1) is 12.0. The highest BCUT2D eigenvalue weighted by Crippen LogP contribution is 2.38. The number of benzene rings is 1. The van der Waals surface area contributed by atoms with Crippen molar-refractivity contribution in [2.45, 2.75) is 26.2 Å². The lowest BCUT2D eigenvalue weighted by molar-refractivity contribution is 0.103. The highest BCUT2D eigenvalue weighted by atomic mass is 16.5. The Morgan fingerprint density at radius 2 is 2.00 bits per heavy atom. The van der Waals surface area contributed by atoms with Crippen LogP contribution in [0.5, 0.6) is 5.75 Å². The number of ether oxygens (including phenoxy) is 1. The summed E-state index contributed by atoms with van der Waals surface area (Å²) >= 11 is 0. The molecule has 19 heavy (non-hydrogen) atoms. The molecule has 0 atom stereocenters. The predicted octanol–water partition coefficient (Wildman–Crippen LogP) is 3.49. The summed E-state index contributed by atoms with van der Waals surface area (Å²) in [4.78, 5) is 12.4. The Morgan fingerprint density at radius 1 is 1.21 bits per heavy atom. The zero-order valence-electron chi connectivity index (χ0n) is 11.3. The minimum absolute atomic E-state index is 0.0117. The summed E-state index contributed by atoms with van der Waals surface area (Å²) in [7, 11) is 0. The fourth-order valence-electron chi connectivity index (χ4n) is 2.39. The molecule has 0 saturated heterocycles. The molecule has 0 bridgehead atoms. The standard InChI is InChI=1S/C16H16O3/c1-10-6-12(8-18-10)15(17)11-4-5-14-13(7-11)16(2,3)9-19-14/h4-8H,9H2,1-3H3. The third-order valence-corrected chi connectivity index (χ3v) is 3.55. The molecule has 0 aliphatic carbocycles. The molecule has 98 valence electrons. The number of furan rings is 1. The number of carbonyl (C=O) groups is 1. The second-order valence-electron chi connectivity index (χ2n) is 5.66. The first-order chi connectivity index (χ1) is 8.97. The average Bonchev–Trinajstić information content (AvgIpc) is 2.93. The summed E-state index contributed by atoms with van der Waals surface area (Å²) in [5, 5.41) is 0. The van der Waals surface area contributed by atoms with Crippen LogP contribution >= 0.6 is 0 Å². The maximum atomic E-state index is 12.4. The van der Waals surface area contributed by atoms with Crippen LogP contribution in [0.15, 0.2) is 34.9 Å². The highest BCUT2D eigenvalue weighted by Gasteiger charge is 2.32. The van der Waals surface area contributed by atoms with Gasteiger partial charge < -0.3 is 9.15 Å². The van der Waals surface area contributed by atoms with Crippen LogP contribution < -0.4 is 4.74 Å². The highest BCUT2D eigenvalue weighted by molar-refractivity contribution is 6.09. The lowest BCUT2D eigenvalue weighted by Crippen LogP contribution is -2.18. The van der Waals surface area contributed by atoms with Gasteiger partial charge in [0, 0.05) is 16.5 Å². The second kappa shape index (κ2) is 3.98. The Balaban J connectivity index is 2.01. The Labute approximate surface area is 112 Å². The Bertz CT molecular complexity index is 650. The third kappa shape index (κ3) is 1.95. The van der Waals surface area contributed by atoms with E-state index in [1.807, 2.05) is 25.1 Å². The van der Waals surface area contributed by atoms with E-state index in [4.69, 9.17) is 9.15 Å². The minimum atomic E-state index is -0.0437. The van der Waals surface area contributed by atoms with Gasteiger partial charge in [-0.05, 0) is 31.2 Å². The summed E-state index contributed by atoms with van der Waals surface area (Å²) in [6, 6.07) is 7.39. The van der Waals surface area contributed by atoms with Crippen LogP contribution in [0, 0.1) is 6.92 Å². The van der Waals surface area contributed by atoms with E-state index in [-0.39, 0.29) is 11.2 Å². The molecule has 3 nitrogen and oxygen atoms in total. The number of aryl methyl sites for hydroxylation is 1. The zero-order chi connectivity index (χ0) is 13.6. The second-order valence-corrected chi connectivity index (χ2v) is 5.66. The van der Waals surface area contributed by atoms with Crippen molar-refractivity contribution in [3.8, 4) is 5.75 Å². The normalized spacial score (nSPS) is 15.9. The third-order valence-electron chi connectivity index (χ3n) is 3.55. The molecule has 0 fully saturated rings. The van der Waals surface area contributed by atoms with Gasteiger partial charge in [-0.3, -0.25) is 4.79 Å². The van der Waals surface area contributed by atoms with E-state index in [1.165, 1.54) is 6.26 Å². The average molecular weight is 256 g/mol. The summed E-state index contributed by atoms with van der Waals surface area (Å²) in [5.74, 6) is 1.61. The lowest BCUT2D eigenvalue weighted by atomic mass is 9.85. The Morgan fingerprint density at radius 3 is 2.68 bits per heavy atom. The van der Waals surface area contributed by atoms with Gasteiger partial charge in [0.25, 0.3) is 0 Å². The fraction of sp³-hybridized carbons (Fsp3) is 0.312. The number of rotatable bonds is 2. The van der Waals surface area contributed by atoms with E-state index < -0.39 is 0 Å². The summed E-state index contributed by atoms with van der Waals surface area (Å²) < 4.78 is 10.8. The fourth-order valence-corrected chi connectivity index (χ4v) is 2.39. The van der Waals surface area contributed by atoms with Gasteiger partial charge in [0.2, 0.25) is 0 Å². The quantitative estimate of drug-likeness (QED) is 0.772. The van der Waals surface area contributed by atoms with Crippen molar-refractivity contribution in [2.75, 3.05) is 6.61 Å². The van der Waals surface area contributed by atoms with Crippen molar-refractivity contribution in [3.05, 3.63) is 53.0 Å². The lowest BCUT2D eigenvalue weighted by Gasteiger charge is -2.15. The van der Waals surface area contributed by atoms with Gasteiger partial charge >= 0.3 is 0 Å². The molecule has 0 spiro atoms. The van der Waals surface area contributed by atoms with E-state index in [1.54, 1.807) is 6.07 Å². The monoisotopic (exact) mass is 256 g/mol. The van der Waals surface area contributed by atoms with Crippen molar-refractivity contribution in [1.29, 1.82) is 0 Å². The van der Waals surface area contributed by atoms with E-state index in [0.717, 1.165) is 17.1 Å². The maximum absolute atomic E-state index is 12.4. The zero-order valence-corrected chi connectivity index (χ0v) is 11.3. The van der Waals surface area contributed by atoms with Crippen molar-refractivity contribution in [1.82, 2.24) is 0 Å². The number of hydrogen-bond donors (Lipinski definition) is 0. The first-order valence-electron chi connectivity index (χ1n) is 6.34. The van der Waals surface area contributed by atoms with Crippen LogP contribution in [0.4, 0.5) is 0 Å². The van der Waals surface area contributed by atoms with Crippen molar-refractivity contribution in [3.63, 3.8) is 0 Å². The molecule has 1 aromatic carbocycles. The van der Waals surface area contributed by atoms with Crippen LogP contribution in [0.1, 0.15) is 41.1 Å². The largest absolute Gasteiger partial charge is 0.492 e. The predicted molar refractivity (Wildman–Crippen MR) is 71.8 cm³/mol. The van der Waals surface area contributed by atoms with Gasteiger partial charge in [0.05, 0.1) is 12.2 Å². The molecule has 0 unspecified atom stereocenters. The van der Waals surface area contributed by atoms with Gasteiger partial charge in [0.15, 0.2) is 5.78 Å². The van der Waals surface area contributed by atoms with E-state index in [2.05, 4.69) is 13.8 Å². The number of carbonyl (C=O) groups excluding carboxylic acids is 1. The molecule has 0 N–H and O–H groups in total. The van der Waals surface area contributed by atoms with Crippen molar-refractivity contribution in [2.24, 2.45) is 0 Å². The van der Waals surface area contributed by atoms with Crippen LogP contribution in [-0.4, -0.2) is 12.4 Å². The van der Waals surface area contributed by atoms with Gasteiger partial charge in [-0.1, -0.05) is 13.8 Å². The summed E-state index contributed by atoms with van der Waals surface area (Å²) in [5.41, 5.74) is 2.32. The van der Waals surface area contributed by atoms with Crippen LogP contribution in [0.2, 0.25) is 0 Å². The topological polar surface area (TPSA) is 39.4 Å². The number of fused-ring (bicyclic) bond motifs is 1. The van der Waals surface area contributed by atoms with Gasteiger partial charge in [-0.15, -0.1) is 0 Å². The molecule has 3 rings (SSSR count). The minimum Gasteiger partial charge on any atom is -0.492 e. The molecule has 2 aromatic rings. The van der Waals surface area contributed by atoms with Crippen LogP contribution in [-0.2, 0) is 5.41 Å². The molecule has 3 heteroatoms. The molecule has 0 saturated carbocycles. The summed E-state index contributed by atoms with van der Waals surface area (Å²) in [6.45, 7) is 6.73. The van der Waals surface area contributed by atoms with E-state index >= 15 is 0 Å². The van der Waals surface area contributed by atoms with Crippen molar-refractivity contribution >= 4 is 5.78 Å². The Hall–Kier alpha value is -2.03. The van der Waals surface area contributed by atoms with Gasteiger partial charge in [-0.2, -0.15) is 0 Å². The van der Waals surface area contributed by atoms with Crippen LogP contribution in [0.25, 0.3) is 0 Å². The SMILES string of the molecule is Cc1cc(C(=O)c2ccc3c(c2)C(C)(C)CO3)co1.